The number of carboxylic acid groups (broad SMARTS) is 2. The molecule has 4 rings (SSSR count). The van der Waals surface area contributed by atoms with E-state index in [1.54, 1.807) is 0 Å². The van der Waals surface area contributed by atoms with E-state index < -0.39 is 34.9 Å². The van der Waals surface area contributed by atoms with Crippen LogP contribution < -0.4 is 10.2 Å². The Kier molecular flexibility index (Phi) is 31.4. The van der Waals surface area contributed by atoms with Crippen molar-refractivity contribution in [2.75, 3.05) is 0 Å². The van der Waals surface area contributed by atoms with E-state index in [0.717, 1.165) is 75.6 Å². The van der Waals surface area contributed by atoms with E-state index in [-0.39, 0.29) is 27.6 Å². The molecule has 0 atom stereocenters. The van der Waals surface area contributed by atoms with Crippen molar-refractivity contribution in [3.63, 3.8) is 0 Å². The Labute approximate surface area is 418 Å². The number of phenols is 4. The normalized spacial score (nSPS) is 11.2. The predicted molar refractivity (Wildman–Crippen MR) is 272 cm³/mol. The molecule has 11 heteroatoms. The molecule has 0 aliphatic heterocycles. The Morgan fingerprint density at radius 3 is 1.35 bits per heavy atom. The summed E-state index contributed by atoms with van der Waals surface area (Å²) in [5, 5.41) is 59.0. The molecule has 0 aliphatic carbocycles. The van der Waals surface area contributed by atoms with Gasteiger partial charge in [0, 0.05) is 11.1 Å². The molecule has 0 bridgehead atoms. The number of aryl methyl sites for hydroxylation is 5. The molecule has 0 amide bonds. The summed E-state index contributed by atoms with van der Waals surface area (Å²) in [7, 11) is 0. The first-order chi connectivity index (χ1) is 32.2. The van der Waals surface area contributed by atoms with Gasteiger partial charge in [-0.15, -0.1) is 0 Å². The van der Waals surface area contributed by atoms with Crippen molar-refractivity contribution in [2.45, 2.75) is 190 Å². The van der Waals surface area contributed by atoms with Gasteiger partial charge in [-0.05, 0) is 142 Å². The number of carbonyl (C=O) groups excluding carboxylic acids is 2. The maximum atomic E-state index is 10.8. The van der Waals surface area contributed by atoms with E-state index >= 15 is 0 Å². The van der Waals surface area contributed by atoms with Crippen molar-refractivity contribution in [3.8, 4) is 23.0 Å². The Hall–Kier alpha value is -5.15. The van der Waals surface area contributed by atoms with E-state index in [2.05, 4.69) is 77.1 Å². The van der Waals surface area contributed by atoms with Gasteiger partial charge in [0.1, 0.15) is 0 Å². The number of aromatic carboxylic acids is 2. The minimum Gasteiger partial charge on any atom is -0.545 e. The average molecular weight is 980 g/mol. The zero-order chi connectivity index (χ0) is 49.6. The summed E-state index contributed by atoms with van der Waals surface area (Å²) in [5.41, 5.74) is 8.89. The number of benzene rings is 4. The number of unbranched alkanes of at least 4 members (excludes halogenated alkanes) is 12. The van der Waals surface area contributed by atoms with Crippen LogP contribution in [0.2, 0.25) is 0 Å². The van der Waals surface area contributed by atoms with Crippen LogP contribution in [0.3, 0.4) is 0 Å². The molecule has 0 radical (unpaired) electrons. The summed E-state index contributed by atoms with van der Waals surface area (Å²) in [6, 6.07) is 21.1. The van der Waals surface area contributed by atoms with Gasteiger partial charge in [-0.25, -0.2) is 0 Å². The molecule has 68 heavy (non-hydrogen) atoms. The smallest absolute Gasteiger partial charge is 0.545 e. The third-order valence-electron chi connectivity index (χ3n) is 11.6. The summed E-state index contributed by atoms with van der Waals surface area (Å²) >= 11 is 0. The molecule has 0 aliphatic rings. The fraction of sp³-hybridized carbons (Fsp3) is 0.509. The summed E-state index contributed by atoms with van der Waals surface area (Å²) in [5.74, 6) is -4.99. The Balaban J connectivity index is 0.000000580. The number of nitrogens with zero attached hydrogens (tertiary/aromatic N) is 2. The minimum atomic E-state index is -1.46. The van der Waals surface area contributed by atoms with Crippen molar-refractivity contribution in [3.05, 3.63) is 106 Å². The third-order valence-corrected chi connectivity index (χ3v) is 11.6. The van der Waals surface area contributed by atoms with Crippen LogP contribution in [0.1, 0.15) is 205 Å². The van der Waals surface area contributed by atoms with Crippen LogP contribution in [0.4, 0.5) is 11.4 Å². The van der Waals surface area contributed by atoms with E-state index in [1.165, 1.54) is 117 Å². The Bertz CT molecular complexity index is 2070. The fourth-order valence-corrected chi connectivity index (χ4v) is 7.88. The van der Waals surface area contributed by atoms with Crippen molar-refractivity contribution in [1.82, 2.24) is 0 Å². The molecule has 0 saturated heterocycles. The molecule has 4 aromatic rings. The Morgan fingerprint density at radius 2 is 0.882 bits per heavy atom. The number of carboxylic acids is 2. The van der Waals surface area contributed by atoms with E-state index in [4.69, 9.17) is 9.98 Å². The average Bonchev–Trinajstić information content (AvgIpc) is 3.28. The molecule has 0 saturated carbocycles. The predicted octanol–water partition coefficient (Wildman–Crippen LogP) is 13.2. The van der Waals surface area contributed by atoms with Crippen molar-refractivity contribution in [1.29, 1.82) is 0 Å². The third kappa shape index (κ3) is 22.8. The first-order valence-electron chi connectivity index (χ1n) is 25.0. The quantitative estimate of drug-likeness (QED) is 0.0197. The molecular formula is C57H80N2NiO8. The van der Waals surface area contributed by atoms with Gasteiger partial charge in [-0.2, -0.15) is 0 Å². The standard InChI is InChI=1S/C33H50N2.2C12H16O4.Ni/c1-6-9-12-13-14-16-22-33(34-30-20-17-19-29(26-30)18-15-10-7-2)32(21-11-8-3)35-31-24-27(4)23-28(5)25-31;2*1-2-3-4-5-8-6-7-9(13)11(14)10(8)12(15)16;/h17,19-20,23-26H,6-16,18,21-22H2,1-5H3;2*6-7,13-14H,2-5H2,1H3,(H,15,16);/q;;;+2/p-2. The second-order valence-electron chi connectivity index (χ2n) is 17.6. The maximum absolute atomic E-state index is 10.8. The van der Waals surface area contributed by atoms with Crippen LogP contribution >= 0.6 is 0 Å². The van der Waals surface area contributed by atoms with Gasteiger partial charge in [0.2, 0.25) is 0 Å². The van der Waals surface area contributed by atoms with Crippen LogP contribution in [0.25, 0.3) is 0 Å². The number of aromatic hydroxyl groups is 4. The fourth-order valence-electron chi connectivity index (χ4n) is 7.88. The van der Waals surface area contributed by atoms with Crippen LogP contribution in [0, 0.1) is 13.8 Å². The largest absolute Gasteiger partial charge is 2.00 e. The van der Waals surface area contributed by atoms with Crippen molar-refractivity contribution >= 4 is 34.7 Å². The second kappa shape index (κ2) is 35.0. The first kappa shape index (κ1) is 60.9. The zero-order valence-electron chi connectivity index (χ0n) is 42.0. The van der Waals surface area contributed by atoms with Crippen LogP contribution in [0.5, 0.6) is 23.0 Å². The minimum absolute atomic E-state index is 0. The van der Waals surface area contributed by atoms with Crippen LogP contribution in [-0.2, 0) is 35.8 Å². The maximum Gasteiger partial charge on any atom is 2.00 e. The number of rotatable bonds is 27. The number of aliphatic imine (C=N–C) groups is 2. The number of phenolic OH excluding ortho intramolecular Hbond substituents is 2. The van der Waals surface area contributed by atoms with E-state index in [0.29, 0.717) is 24.0 Å². The molecule has 376 valence electrons. The molecule has 0 unspecified atom stereocenters. The second-order valence-corrected chi connectivity index (χ2v) is 17.6. The summed E-state index contributed by atoms with van der Waals surface area (Å²) in [6.07, 6.45) is 23.9. The van der Waals surface area contributed by atoms with Gasteiger partial charge in [0.05, 0.1) is 34.7 Å². The summed E-state index contributed by atoms with van der Waals surface area (Å²) in [4.78, 5) is 32.2. The van der Waals surface area contributed by atoms with E-state index in [9.17, 15) is 40.2 Å². The molecule has 0 spiro atoms. The van der Waals surface area contributed by atoms with Crippen LogP contribution in [-0.4, -0.2) is 43.8 Å². The number of carbonyl (C=O) groups is 2. The number of hydrogen-bond donors (Lipinski definition) is 4. The van der Waals surface area contributed by atoms with Gasteiger partial charge in [0.15, 0.2) is 23.0 Å². The monoisotopic (exact) mass is 979 g/mol. The SMILES string of the molecule is CCCCCCCCC(=Nc1cccc(CCCCC)c1)C(CCCC)=Nc1cc(C)cc(C)c1.CCCCCc1ccc(O)c(O)c1C(=O)[O-].CCCCCc1ccc(O)c(O)c1C(=O)[O-].[Ni+2]. The molecule has 4 aromatic carbocycles. The van der Waals surface area contributed by atoms with Gasteiger partial charge < -0.3 is 40.2 Å². The van der Waals surface area contributed by atoms with Gasteiger partial charge >= 0.3 is 16.5 Å². The molecule has 0 fully saturated rings. The van der Waals surface area contributed by atoms with Gasteiger partial charge in [-0.3, -0.25) is 9.98 Å². The molecule has 0 aromatic heterocycles. The van der Waals surface area contributed by atoms with Crippen molar-refractivity contribution in [2.24, 2.45) is 9.98 Å². The molecular weight excluding hydrogens is 899 g/mol. The summed E-state index contributed by atoms with van der Waals surface area (Å²) in [6.45, 7) is 15.2. The van der Waals surface area contributed by atoms with Gasteiger partial charge in [0.25, 0.3) is 0 Å². The first-order valence-corrected chi connectivity index (χ1v) is 25.0. The summed E-state index contributed by atoms with van der Waals surface area (Å²) < 4.78 is 0. The molecule has 4 N–H and O–H groups in total. The molecule has 10 nitrogen and oxygen atoms in total. The number of hydrogen-bond acceptors (Lipinski definition) is 10. The topological polar surface area (TPSA) is 186 Å². The molecule has 0 heterocycles. The Morgan fingerprint density at radius 1 is 0.471 bits per heavy atom. The van der Waals surface area contributed by atoms with Crippen molar-refractivity contribution < 1.29 is 56.7 Å². The van der Waals surface area contributed by atoms with Gasteiger partial charge in [-0.1, -0.05) is 142 Å². The van der Waals surface area contributed by atoms with Crippen LogP contribution in [0.15, 0.2) is 76.7 Å². The zero-order valence-corrected chi connectivity index (χ0v) is 43.0. The van der Waals surface area contributed by atoms with E-state index in [1.807, 2.05) is 13.8 Å².